The van der Waals surface area contributed by atoms with Crippen LogP contribution in [0.15, 0.2) is 29.3 Å². The van der Waals surface area contributed by atoms with E-state index in [2.05, 4.69) is 22.1 Å². The normalized spacial score (nSPS) is 19.0. The van der Waals surface area contributed by atoms with Crippen LogP contribution in [0.25, 0.3) is 0 Å². The van der Waals surface area contributed by atoms with Crippen LogP contribution >= 0.6 is 0 Å². The fourth-order valence-electron chi connectivity index (χ4n) is 2.64. The van der Waals surface area contributed by atoms with Crippen LogP contribution in [0, 0.1) is 16.0 Å². The van der Waals surface area contributed by atoms with E-state index in [0.29, 0.717) is 30.7 Å². The molecular weight excluding hydrogens is 282 g/mol. The average molecular weight is 305 g/mol. The lowest BCUT2D eigenvalue weighted by Crippen LogP contribution is -2.43. The van der Waals surface area contributed by atoms with Crippen molar-refractivity contribution < 1.29 is 4.92 Å². The molecule has 0 aliphatic carbocycles. The van der Waals surface area contributed by atoms with Crippen LogP contribution in [0.2, 0.25) is 0 Å². The maximum atomic E-state index is 10.9. The molecule has 22 heavy (non-hydrogen) atoms. The number of nitrogens with zero attached hydrogens (tertiary/aromatic N) is 3. The second-order valence-corrected chi connectivity index (χ2v) is 5.63. The maximum Gasteiger partial charge on any atom is 0.292 e. The van der Waals surface area contributed by atoms with Gasteiger partial charge in [0.2, 0.25) is 0 Å². The van der Waals surface area contributed by atoms with E-state index in [-0.39, 0.29) is 5.69 Å². The van der Waals surface area contributed by atoms with Gasteiger partial charge in [0.1, 0.15) is 5.69 Å². The minimum absolute atomic E-state index is 0.0734. The Morgan fingerprint density at radius 1 is 1.55 bits per heavy atom. The Bertz CT molecular complexity index is 546. The molecule has 1 aliphatic rings. The fraction of sp³-hybridized carbons (Fsp3) is 0.533. The van der Waals surface area contributed by atoms with Crippen molar-refractivity contribution in [3.05, 3.63) is 34.4 Å². The molecule has 1 aliphatic heterocycles. The number of hydrogen-bond acceptors (Lipinski definition) is 4. The molecular formula is C15H23N5O2. The van der Waals surface area contributed by atoms with Crippen molar-refractivity contribution >= 4 is 17.3 Å². The maximum absolute atomic E-state index is 10.9. The van der Waals surface area contributed by atoms with Crippen molar-refractivity contribution in [2.75, 3.05) is 31.5 Å². The SMILES string of the molecule is CC1CCCN(C(N)=NCCNc2ccccc2[N+](=O)[O-])C1. The molecule has 120 valence electrons. The zero-order chi connectivity index (χ0) is 15.9. The van der Waals surface area contributed by atoms with Gasteiger partial charge >= 0.3 is 0 Å². The molecule has 3 N–H and O–H groups in total. The molecule has 1 unspecified atom stereocenters. The van der Waals surface area contributed by atoms with E-state index in [4.69, 9.17) is 5.73 Å². The Labute approximate surface area is 130 Å². The second-order valence-electron chi connectivity index (χ2n) is 5.63. The van der Waals surface area contributed by atoms with Gasteiger partial charge in [-0.15, -0.1) is 0 Å². The lowest BCUT2D eigenvalue weighted by atomic mass is 10.0. The van der Waals surface area contributed by atoms with Crippen molar-refractivity contribution in [2.45, 2.75) is 19.8 Å². The number of benzene rings is 1. The van der Waals surface area contributed by atoms with Crippen molar-refractivity contribution in [1.82, 2.24) is 4.90 Å². The van der Waals surface area contributed by atoms with E-state index in [0.717, 1.165) is 19.5 Å². The first-order valence-electron chi connectivity index (χ1n) is 7.60. The lowest BCUT2D eigenvalue weighted by Gasteiger charge is -2.31. The number of nitro groups is 1. The summed E-state index contributed by atoms with van der Waals surface area (Å²) in [5, 5.41) is 14.0. The average Bonchev–Trinajstić information content (AvgIpc) is 2.51. The van der Waals surface area contributed by atoms with Crippen LogP contribution < -0.4 is 11.1 Å². The molecule has 7 heteroatoms. The third-order valence-electron chi connectivity index (χ3n) is 3.78. The molecule has 1 heterocycles. The first-order chi connectivity index (χ1) is 10.6. The number of anilines is 1. The Morgan fingerprint density at radius 3 is 3.05 bits per heavy atom. The van der Waals surface area contributed by atoms with Gasteiger partial charge in [-0.2, -0.15) is 0 Å². The number of hydrogen-bond donors (Lipinski definition) is 2. The van der Waals surface area contributed by atoms with E-state index in [1.165, 1.54) is 12.5 Å². The molecule has 7 nitrogen and oxygen atoms in total. The minimum Gasteiger partial charge on any atom is -0.378 e. The van der Waals surface area contributed by atoms with E-state index in [1.54, 1.807) is 18.2 Å². The number of nitro benzene ring substituents is 1. The van der Waals surface area contributed by atoms with Gasteiger partial charge in [0, 0.05) is 25.7 Å². The smallest absolute Gasteiger partial charge is 0.292 e. The zero-order valence-corrected chi connectivity index (χ0v) is 12.9. The molecule has 1 fully saturated rings. The number of para-hydroxylation sites is 2. The van der Waals surface area contributed by atoms with Crippen LogP contribution in [-0.4, -0.2) is 42.0 Å². The quantitative estimate of drug-likeness (QED) is 0.285. The number of aliphatic imine (C=N–C) groups is 1. The minimum atomic E-state index is -0.394. The van der Waals surface area contributed by atoms with Gasteiger partial charge in [0.15, 0.2) is 5.96 Å². The number of nitrogens with one attached hydrogen (secondary N) is 1. The van der Waals surface area contributed by atoms with Crippen LogP contribution in [0.4, 0.5) is 11.4 Å². The Morgan fingerprint density at radius 2 is 2.32 bits per heavy atom. The Balaban J connectivity index is 1.84. The van der Waals surface area contributed by atoms with Crippen molar-refractivity contribution in [2.24, 2.45) is 16.6 Å². The van der Waals surface area contributed by atoms with Gasteiger partial charge in [-0.25, -0.2) is 0 Å². The summed E-state index contributed by atoms with van der Waals surface area (Å²) in [5.41, 5.74) is 6.59. The molecule has 1 atom stereocenters. The molecule has 0 aromatic heterocycles. The van der Waals surface area contributed by atoms with Crippen molar-refractivity contribution in [3.8, 4) is 0 Å². The summed E-state index contributed by atoms with van der Waals surface area (Å²) in [6, 6.07) is 6.59. The van der Waals surface area contributed by atoms with Gasteiger partial charge in [-0.05, 0) is 24.8 Å². The third kappa shape index (κ3) is 4.34. The van der Waals surface area contributed by atoms with Crippen LogP contribution in [-0.2, 0) is 0 Å². The van der Waals surface area contributed by atoms with Crippen molar-refractivity contribution in [3.63, 3.8) is 0 Å². The summed E-state index contributed by atoms with van der Waals surface area (Å²) in [6.45, 7) is 5.12. The predicted molar refractivity (Wildman–Crippen MR) is 88.0 cm³/mol. The largest absolute Gasteiger partial charge is 0.378 e. The van der Waals surface area contributed by atoms with Gasteiger partial charge in [-0.3, -0.25) is 15.1 Å². The Kier molecular flexibility index (Phi) is 5.57. The highest BCUT2D eigenvalue weighted by Crippen LogP contribution is 2.22. The predicted octanol–water partition coefficient (Wildman–Crippen LogP) is 2.05. The molecule has 1 aromatic rings. The van der Waals surface area contributed by atoms with Gasteiger partial charge < -0.3 is 16.0 Å². The summed E-state index contributed by atoms with van der Waals surface area (Å²) in [5.74, 6) is 1.21. The number of piperidine rings is 1. The number of guanidine groups is 1. The van der Waals surface area contributed by atoms with E-state index < -0.39 is 4.92 Å². The summed E-state index contributed by atoms with van der Waals surface area (Å²) >= 11 is 0. The summed E-state index contributed by atoms with van der Waals surface area (Å²) in [4.78, 5) is 17.0. The molecule has 2 rings (SSSR count). The molecule has 0 spiro atoms. The van der Waals surface area contributed by atoms with Gasteiger partial charge in [-0.1, -0.05) is 19.1 Å². The number of rotatable bonds is 5. The zero-order valence-electron chi connectivity index (χ0n) is 12.9. The van der Waals surface area contributed by atoms with E-state index in [9.17, 15) is 10.1 Å². The summed E-state index contributed by atoms with van der Waals surface area (Å²) in [6.07, 6.45) is 2.38. The molecule has 1 saturated heterocycles. The Hall–Kier alpha value is -2.31. The van der Waals surface area contributed by atoms with Crippen LogP contribution in [0.3, 0.4) is 0 Å². The van der Waals surface area contributed by atoms with Gasteiger partial charge in [0.05, 0.1) is 11.5 Å². The van der Waals surface area contributed by atoms with Gasteiger partial charge in [0.25, 0.3) is 5.69 Å². The summed E-state index contributed by atoms with van der Waals surface area (Å²) in [7, 11) is 0. The highest BCUT2D eigenvalue weighted by atomic mass is 16.6. The molecule has 0 bridgehead atoms. The fourth-order valence-corrected chi connectivity index (χ4v) is 2.64. The summed E-state index contributed by atoms with van der Waals surface area (Å²) < 4.78 is 0. The van der Waals surface area contributed by atoms with E-state index in [1.807, 2.05) is 0 Å². The van der Waals surface area contributed by atoms with E-state index >= 15 is 0 Å². The third-order valence-corrected chi connectivity index (χ3v) is 3.78. The standard InChI is InChI=1S/C15H23N5O2/c1-12-5-4-10-19(11-12)15(16)18-9-8-17-13-6-2-3-7-14(13)20(21)22/h2-3,6-7,12,17H,4-5,8-11H2,1H3,(H2,16,18). The first kappa shape index (κ1) is 16.1. The number of nitrogens with two attached hydrogens (primary N) is 1. The second kappa shape index (κ2) is 7.63. The number of likely N-dealkylation sites (tertiary alicyclic amines) is 1. The van der Waals surface area contributed by atoms with Crippen molar-refractivity contribution in [1.29, 1.82) is 0 Å². The molecule has 1 aromatic carbocycles. The molecule has 0 radical (unpaired) electrons. The lowest BCUT2D eigenvalue weighted by molar-refractivity contribution is -0.384. The molecule has 0 amide bonds. The molecule has 0 saturated carbocycles. The monoisotopic (exact) mass is 305 g/mol. The highest BCUT2D eigenvalue weighted by Gasteiger charge is 2.17. The highest BCUT2D eigenvalue weighted by molar-refractivity contribution is 5.78. The topological polar surface area (TPSA) is 96.8 Å². The first-order valence-corrected chi connectivity index (χ1v) is 7.60. The van der Waals surface area contributed by atoms with Crippen LogP contribution in [0.1, 0.15) is 19.8 Å². The van der Waals surface area contributed by atoms with Crippen LogP contribution in [0.5, 0.6) is 0 Å².